The SMILES string of the molecule is O=C(CSCC(=O)N1CCOCC1)Nc1ccccc1-c1nc(-c2ccccc2)n[nH]1. The van der Waals surface area contributed by atoms with Gasteiger partial charge < -0.3 is 15.0 Å². The third kappa shape index (κ3) is 5.50. The fraction of sp³-hybridized carbons (Fsp3) is 0.273. The minimum Gasteiger partial charge on any atom is -0.378 e. The predicted molar refractivity (Wildman–Crippen MR) is 121 cm³/mol. The van der Waals surface area contributed by atoms with Gasteiger partial charge >= 0.3 is 0 Å². The number of aromatic amines is 1. The number of para-hydroxylation sites is 1. The van der Waals surface area contributed by atoms with Crippen LogP contribution in [0.2, 0.25) is 0 Å². The Kier molecular flexibility index (Phi) is 6.96. The average molecular weight is 438 g/mol. The molecule has 2 heterocycles. The lowest BCUT2D eigenvalue weighted by Gasteiger charge is -2.26. The van der Waals surface area contributed by atoms with E-state index < -0.39 is 0 Å². The van der Waals surface area contributed by atoms with Crippen molar-refractivity contribution in [2.24, 2.45) is 0 Å². The summed E-state index contributed by atoms with van der Waals surface area (Å²) in [6, 6.07) is 17.1. The van der Waals surface area contributed by atoms with Gasteiger partial charge in [0, 0.05) is 24.2 Å². The van der Waals surface area contributed by atoms with Crippen molar-refractivity contribution in [2.75, 3.05) is 43.1 Å². The van der Waals surface area contributed by atoms with E-state index in [9.17, 15) is 9.59 Å². The number of carbonyl (C=O) groups is 2. The highest BCUT2D eigenvalue weighted by atomic mass is 32.2. The Hall–Kier alpha value is -3.17. The molecule has 2 amide bonds. The number of benzene rings is 2. The Morgan fingerprint density at radius 1 is 1.03 bits per heavy atom. The van der Waals surface area contributed by atoms with E-state index >= 15 is 0 Å². The number of carbonyl (C=O) groups excluding carboxylic acids is 2. The first kappa shape index (κ1) is 21.1. The Morgan fingerprint density at radius 3 is 2.58 bits per heavy atom. The standard InChI is InChI=1S/C22H23N5O3S/c28-19(14-31-15-20(29)27-10-12-30-13-11-27)23-18-9-5-4-8-17(18)22-24-21(25-26-22)16-6-2-1-3-7-16/h1-9H,10-15H2,(H,23,28)(H,24,25,26). The maximum absolute atomic E-state index is 12.5. The first-order chi connectivity index (χ1) is 15.2. The van der Waals surface area contributed by atoms with Crippen LogP contribution in [0, 0.1) is 0 Å². The lowest BCUT2D eigenvalue weighted by molar-refractivity contribution is -0.132. The van der Waals surface area contributed by atoms with E-state index in [0.717, 1.165) is 11.1 Å². The van der Waals surface area contributed by atoms with E-state index in [2.05, 4.69) is 20.5 Å². The van der Waals surface area contributed by atoms with Gasteiger partial charge in [-0.2, -0.15) is 5.10 Å². The van der Waals surface area contributed by atoms with Crippen LogP contribution in [0.1, 0.15) is 0 Å². The van der Waals surface area contributed by atoms with Crippen molar-refractivity contribution in [3.63, 3.8) is 0 Å². The topological polar surface area (TPSA) is 100 Å². The molecule has 0 atom stereocenters. The Balaban J connectivity index is 1.36. The van der Waals surface area contributed by atoms with Gasteiger partial charge in [-0.15, -0.1) is 11.8 Å². The Morgan fingerprint density at radius 2 is 1.77 bits per heavy atom. The van der Waals surface area contributed by atoms with Crippen molar-refractivity contribution in [2.45, 2.75) is 0 Å². The molecular weight excluding hydrogens is 414 g/mol. The summed E-state index contributed by atoms with van der Waals surface area (Å²) in [6.45, 7) is 2.37. The van der Waals surface area contributed by atoms with Crippen LogP contribution < -0.4 is 5.32 Å². The third-order valence-corrected chi connectivity index (χ3v) is 5.71. The van der Waals surface area contributed by atoms with Crippen LogP contribution in [-0.4, -0.2) is 69.7 Å². The fourth-order valence-corrected chi connectivity index (χ4v) is 3.94. The van der Waals surface area contributed by atoms with Crippen LogP contribution >= 0.6 is 11.8 Å². The lowest BCUT2D eigenvalue weighted by atomic mass is 10.1. The normalized spacial score (nSPS) is 13.7. The molecule has 0 spiro atoms. The summed E-state index contributed by atoms with van der Waals surface area (Å²) >= 11 is 1.31. The summed E-state index contributed by atoms with van der Waals surface area (Å²) in [6.07, 6.45) is 0. The molecule has 2 aromatic carbocycles. The van der Waals surface area contributed by atoms with E-state index in [1.807, 2.05) is 54.6 Å². The molecule has 3 aromatic rings. The highest BCUT2D eigenvalue weighted by Gasteiger charge is 2.17. The maximum Gasteiger partial charge on any atom is 0.234 e. The van der Waals surface area contributed by atoms with Gasteiger partial charge in [0.25, 0.3) is 0 Å². The lowest BCUT2D eigenvalue weighted by Crippen LogP contribution is -2.41. The summed E-state index contributed by atoms with van der Waals surface area (Å²) in [5.41, 5.74) is 2.30. The number of hydrogen-bond donors (Lipinski definition) is 2. The van der Waals surface area contributed by atoms with E-state index in [0.29, 0.717) is 43.6 Å². The number of anilines is 1. The first-order valence-corrected chi connectivity index (χ1v) is 11.2. The molecule has 1 saturated heterocycles. The quantitative estimate of drug-likeness (QED) is 0.590. The molecule has 1 fully saturated rings. The van der Waals surface area contributed by atoms with Crippen LogP contribution in [0.3, 0.4) is 0 Å². The van der Waals surface area contributed by atoms with E-state index in [-0.39, 0.29) is 23.3 Å². The molecule has 160 valence electrons. The molecule has 0 aliphatic carbocycles. The molecule has 0 saturated carbocycles. The number of aromatic nitrogens is 3. The zero-order valence-electron chi connectivity index (χ0n) is 16.9. The van der Waals surface area contributed by atoms with Gasteiger partial charge in [0.15, 0.2) is 11.6 Å². The molecule has 2 N–H and O–H groups in total. The predicted octanol–water partition coefficient (Wildman–Crippen LogP) is 2.67. The molecule has 31 heavy (non-hydrogen) atoms. The number of hydrogen-bond acceptors (Lipinski definition) is 6. The van der Waals surface area contributed by atoms with Crippen LogP contribution in [0.5, 0.6) is 0 Å². The number of rotatable bonds is 7. The number of thioether (sulfide) groups is 1. The van der Waals surface area contributed by atoms with Gasteiger partial charge in [-0.25, -0.2) is 4.98 Å². The van der Waals surface area contributed by atoms with Crippen LogP contribution in [-0.2, 0) is 14.3 Å². The third-order valence-electron chi connectivity index (χ3n) is 4.80. The molecule has 1 aromatic heterocycles. The summed E-state index contributed by atoms with van der Waals surface area (Å²) in [5, 5.41) is 10.2. The molecule has 1 aliphatic heterocycles. The second kappa shape index (κ2) is 10.2. The van der Waals surface area contributed by atoms with Crippen LogP contribution in [0.25, 0.3) is 22.8 Å². The van der Waals surface area contributed by atoms with Crippen molar-refractivity contribution in [1.29, 1.82) is 0 Å². The number of nitrogens with one attached hydrogen (secondary N) is 2. The van der Waals surface area contributed by atoms with Gasteiger partial charge in [-0.1, -0.05) is 42.5 Å². The molecule has 0 radical (unpaired) electrons. The fourth-order valence-electron chi connectivity index (χ4n) is 3.22. The maximum atomic E-state index is 12.5. The molecule has 8 nitrogen and oxygen atoms in total. The number of ether oxygens (including phenoxy) is 1. The number of nitrogens with zero attached hydrogens (tertiary/aromatic N) is 3. The summed E-state index contributed by atoms with van der Waals surface area (Å²) in [7, 11) is 0. The molecule has 9 heteroatoms. The van der Waals surface area contributed by atoms with Crippen molar-refractivity contribution in [3.05, 3.63) is 54.6 Å². The second-order valence-electron chi connectivity index (χ2n) is 6.95. The highest BCUT2D eigenvalue weighted by molar-refractivity contribution is 8.00. The molecular formula is C22H23N5O3S. The van der Waals surface area contributed by atoms with Gasteiger partial charge in [-0.05, 0) is 12.1 Å². The van der Waals surface area contributed by atoms with Gasteiger partial charge in [0.05, 0.1) is 30.4 Å². The zero-order valence-corrected chi connectivity index (χ0v) is 17.7. The van der Waals surface area contributed by atoms with Crippen LogP contribution in [0.15, 0.2) is 54.6 Å². The summed E-state index contributed by atoms with van der Waals surface area (Å²) < 4.78 is 5.26. The minimum atomic E-state index is -0.171. The van der Waals surface area contributed by atoms with E-state index in [1.54, 1.807) is 4.90 Å². The van der Waals surface area contributed by atoms with E-state index in [4.69, 9.17) is 4.74 Å². The summed E-state index contributed by atoms with van der Waals surface area (Å²) in [4.78, 5) is 31.0. The Bertz CT molecular complexity index is 1030. The monoisotopic (exact) mass is 437 g/mol. The van der Waals surface area contributed by atoms with Gasteiger partial charge in [-0.3, -0.25) is 14.7 Å². The molecule has 0 bridgehead atoms. The average Bonchev–Trinajstić information content (AvgIpc) is 3.31. The zero-order chi connectivity index (χ0) is 21.5. The molecule has 1 aliphatic rings. The second-order valence-corrected chi connectivity index (χ2v) is 7.94. The van der Waals surface area contributed by atoms with Crippen molar-refractivity contribution >= 4 is 29.3 Å². The summed E-state index contributed by atoms with van der Waals surface area (Å²) in [5.74, 6) is 1.50. The number of amides is 2. The Labute approximate surface area is 184 Å². The molecule has 4 rings (SSSR count). The number of morpholine rings is 1. The van der Waals surface area contributed by atoms with Crippen molar-refractivity contribution < 1.29 is 14.3 Å². The van der Waals surface area contributed by atoms with Crippen molar-refractivity contribution in [3.8, 4) is 22.8 Å². The van der Waals surface area contributed by atoms with Crippen LogP contribution in [0.4, 0.5) is 5.69 Å². The van der Waals surface area contributed by atoms with E-state index in [1.165, 1.54) is 11.8 Å². The minimum absolute atomic E-state index is 0.0385. The highest BCUT2D eigenvalue weighted by Crippen LogP contribution is 2.26. The largest absolute Gasteiger partial charge is 0.378 e. The van der Waals surface area contributed by atoms with Gasteiger partial charge in [0.2, 0.25) is 11.8 Å². The number of H-pyrrole nitrogens is 1. The molecule has 0 unspecified atom stereocenters. The van der Waals surface area contributed by atoms with Crippen molar-refractivity contribution in [1.82, 2.24) is 20.1 Å². The van der Waals surface area contributed by atoms with Gasteiger partial charge in [0.1, 0.15) is 0 Å². The first-order valence-electron chi connectivity index (χ1n) is 10.0. The smallest absolute Gasteiger partial charge is 0.234 e.